The van der Waals surface area contributed by atoms with Crippen LogP contribution in [0.3, 0.4) is 0 Å². The Labute approximate surface area is 511 Å². The van der Waals surface area contributed by atoms with Crippen LogP contribution in [0.1, 0.15) is 61.1 Å². The van der Waals surface area contributed by atoms with E-state index in [4.69, 9.17) is 80.5 Å². The van der Waals surface area contributed by atoms with E-state index in [2.05, 4.69) is 0 Å². The molecule has 17 heteroatoms. The normalized spacial score (nSPS) is 30.5. The summed E-state index contributed by atoms with van der Waals surface area (Å²) < 4.78 is 118. The molecule has 4 bridgehead atoms. The predicted molar refractivity (Wildman–Crippen MR) is 319 cm³/mol. The smallest absolute Gasteiger partial charge is 0.224 e. The van der Waals surface area contributed by atoms with E-state index >= 15 is 0 Å². The summed E-state index contributed by atoms with van der Waals surface area (Å²) >= 11 is 0. The first-order valence-corrected chi connectivity index (χ1v) is 30.5. The molecule has 5 aliphatic rings. The third kappa shape index (κ3) is 17.5. The van der Waals surface area contributed by atoms with Crippen LogP contribution in [0.2, 0.25) is 0 Å². The molecule has 0 saturated carbocycles. The van der Waals surface area contributed by atoms with Crippen LogP contribution in [0, 0.1) is 0 Å². The fourth-order valence-electron chi connectivity index (χ4n) is 11.7. The molecular formula is C70H84O17. The van der Waals surface area contributed by atoms with Gasteiger partial charge < -0.3 is 80.5 Å². The number of hydrogen-bond donors (Lipinski definition) is 0. The highest BCUT2D eigenvalue weighted by atomic mass is 16.8. The summed E-state index contributed by atoms with van der Waals surface area (Å²) in [5, 5.41) is 0. The molecule has 87 heavy (non-hydrogen) atoms. The lowest BCUT2D eigenvalue weighted by Crippen LogP contribution is -2.65. The zero-order chi connectivity index (χ0) is 59.7. The van der Waals surface area contributed by atoms with Gasteiger partial charge in [0.15, 0.2) is 17.9 Å². The van der Waals surface area contributed by atoms with Gasteiger partial charge in [0.25, 0.3) is 0 Å². The van der Waals surface area contributed by atoms with Gasteiger partial charge in [0.2, 0.25) is 5.79 Å². The lowest BCUT2D eigenvalue weighted by Gasteiger charge is -2.48. The third-order valence-electron chi connectivity index (χ3n) is 15.9. The second-order valence-electron chi connectivity index (χ2n) is 23.4. The largest absolute Gasteiger partial charge is 0.376 e. The molecule has 5 saturated heterocycles. The van der Waals surface area contributed by atoms with E-state index in [1.807, 2.05) is 210 Å². The zero-order valence-corrected chi connectivity index (χ0v) is 50.3. The Bertz CT molecular complexity index is 2880. The van der Waals surface area contributed by atoms with Crippen LogP contribution in [-0.2, 0) is 120 Å². The molecule has 0 spiro atoms. The fourth-order valence-corrected chi connectivity index (χ4v) is 11.7. The first-order valence-electron chi connectivity index (χ1n) is 30.5. The van der Waals surface area contributed by atoms with Crippen molar-refractivity contribution in [1.29, 1.82) is 0 Å². The zero-order valence-electron chi connectivity index (χ0n) is 50.3. The molecule has 0 radical (unpaired) electrons. The summed E-state index contributed by atoms with van der Waals surface area (Å²) in [7, 11) is 0. The van der Waals surface area contributed by atoms with Crippen molar-refractivity contribution in [1.82, 2.24) is 0 Å². The summed E-state index contributed by atoms with van der Waals surface area (Å²) in [6, 6.07) is 60.0. The standard InChI is InChI=1S/C70H84O17/c1-68(2)81-47-58(84-68)61-62(59-48-82-69(3,4)85-59)75-38-36-72-46-57-63(77-41-52-27-15-7-16-28-52)66(80-44-55-33-21-10-22-34-55)70(86-57,49-73-39-50-23-11-5-12-24-50)87-67-65(79-43-54-31-19-9-20-32-54)64(78-42-53-29-17-8-18-30-53)60(56(83-67)45-71-35-37-74-61)76-40-51-25-13-6-14-26-51/h5-34,56-67H,35-49H2,1-4H3/t56-,57-,58-,59-,60+,61+,62?,63+,64+,65-,66+,67-,70+/m1/s1. The second kappa shape index (κ2) is 30.9. The molecule has 5 fully saturated rings. The van der Waals surface area contributed by atoms with Crippen molar-refractivity contribution in [2.75, 3.05) is 59.5 Å². The first kappa shape index (κ1) is 63.2. The maximum Gasteiger partial charge on any atom is 0.224 e. The molecule has 11 rings (SSSR count). The Balaban J connectivity index is 1.02. The van der Waals surface area contributed by atoms with Gasteiger partial charge in [-0.05, 0) is 61.1 Å². The van der Waals surface area contributed by atoms with Gasteiger partial charge in [0, 0.05) is 0 Å². The summed E-state index contributed by atoms with van der Waals surface area (Å²) in [5.41, 5.74) is 5.65. The molecule has 1 unspecified atom stereocenters. The number of fused-ring (bicyclic) bond motifs is 4. The minimum atomic E-state index is -1.78. The molecule has 466 valence electrons. The average Bonchev–Trinajstić information content (AvgIpc) is 2.00. The van der Waals surface area contributed by atoms with Crippen LogP contribution in [0.15, 0.2) is 182 Å². The summed E-state index contributed by atoms with van der Waals surface area (Å²) in [6.45, 7) is 9.71. The van der Waals surface area contributed by atoms with Gasteiger partial charge in [0.1, 0.15) is 73.8 Å². The van der Waals surface area contributed by atoms with E-state index in [9.17, 15) is 0 Å². The maximum absolute atomic E-state index is 7.71. The molecule has 6 aromatic carbocycles. The van der Waals surface area contributed by atoms with Crippen LogP contribution in [0.4, 0.5) is 0 Å². The van der Waals surface area contributed by atoms with Gasteiger partial charge in [0.05, 0.1) is 92.5 Å². The molecule has 5 aliphatic heterocycles. The second-order valence-corrected chi connectivity index (χ2v) is 23.4. The van der Waals surface area contributed by atoms with E-state index < -0.39 is 90.8 Å². The fraction of sp³-hybridized carbons (Fsp3) is 0.486. The van der Waals surface area contributed by atoms with Crippen molar-refractivity contribution in [2.24, 2.45) is 0 Å². The van der Waals surface area contributed by atoms with E-state index in [0.717, 1.165) is 33.4 Å². The molecule has 5 heterocycles. The Morgan fingerprint density at radius 1 is 0.356 bits per heavy atom. The molecule has 0 aromatic heterocycles. The third-order valence-corrected chi connectivity index (χ3v) is 15.9. The van der Waals surface area contributed by atoms with Crippen LogP contribution >= 0.6 is 0 Å². The summed E-state index contributed by atoms with van der Waals surface area (Å²) in [6.07, 6.45) is -9.79. The molecule has 0 aliphatic carbocycles. The topological polar surface area (TPSA) is 157 Å². The highest BCUT2D eigenvalue weighted by molar-refractivity contribution is 5.19. The van der Waals surface area contributed by atoms with E-state index in [0.29, 0.717) is 0 Å². The van der Waals surface area contributed by atoms with Crippen molar-refractivity contribution < 1.29 is 80.5 Å². The van der Waals surface area contributed by atoms with Gasteiger partial charge in [-0.2, -0.15) is 0 Å². The van der Waals surface area contributed by atoms with Gasteiger partial charge in [-0.15, -0.1) is 0 Å². The van der Waals surface area contributed by atoms with Crippen LogP contribution in [0.25, 0.3) is 0 Å². The monoisotopic (exact) mass is 1200 g/mol. The van der Waals surface area contributed by atoms with Crippen molar-refractivity contribution in [3.8, 4) is 0 Å². The molecule has 6 aromatic rings. The van der Waals surface area contributed by atoms with Gasteiger partial charge in [-0.3, -0.25) is 0 Å². The average molecular weight is 1200 g/mol. The molecule has 13 atom stereocenters. The van der Waals surface area contributed by atoms with E-state index in [1.165, 1.54) is 0 Å². The molecular weight excluding hydrogens is 1110 g/mol. The van der Waals surface area contributed by atoms with Gasteiger partial charge in [-0.25, -0.2) is 0 Å². The van der Waals surface area contributed by atoms with Crippen LogP contribution < -0.4 is 0 Å². The number of benzene rings is 6. The minimum Gasteiger partial charge on any atom is -0.376 e. The van der Waals surface area contributed by atoms with Crippen LogP contribution in [0.5, 0.6) is 0 Å². The minimum absolute atomic E-state index is 0.0132. The number of rotatable bonds is 21. The van der Waals surface area contributed by atoms with Gasteiger partial charge in [-0.1, -0.05) is 182 Å². The molecule has 17 nitrogen and oxygen atoms in total. The quantitative estimate of drug-likeness (QED) is 0.0670. The maximum atomic E-state index is 7.71. The SMILES string of the molecule is CC1(C)OC[C@H](C2OCCOC[C@H]3O[C@@](COCc4ccccc4)(O[C@H]4O[C@H](COCCO[C@H]2[C@H]2COC(C)(C)O2)[C@H](OCc2ccccc2)[C@H](OCc2ccccc2)[C@H]4OCc2ccccc2)[C@@H](OCc2ccccc2)[C@H]3OCc2ccccc2)O1. The Kier molecular flexibility index (Phi) is 22.5. The number of ether oxygens (including phenoxy) is 17. The lowest BCUT2D eigenvalue weighted by atomic mass is 9.97. The predicted octanol–water partition coefficient (Wildman–Crippen LogP) is 10.1. The highest BCUT2D eigenvalue weighted by Gasteiger charge is 2.62. The molecule has 0 N–H and O–H groups in total. The Morgan fingerprint density at radius 3 is 1.16 bits per heavy atom. The summed E-state index contributed by atoms with van der Waals surface area (Å²) in [4.78, 5) is 0. The van der Waals surface area contributed by atoms with Crippen molar-refractivity contribution in [3.63, 3.8) is 0 Å². The van der Waals surface area contributed by atoms with Crippen molar-refractivity contribution >= 4 is 0 Å². The summed E-state index contributed by atoms with van der Waals surface area (Å²) in [5.74, 6) is -3.51. The van der Waals surface area contributed by atoms with Gasteiger partial charge >= 0.3 is 0 Å². The Hall–Kier alpha value is -5.36. The van der Waals surface area contributed by atoms with Crippen LogP contribution in [-0.4, -0.2) is 150 Å². The van der Waals surface area contributed by atoms with E-state index in [1.54, 1.807) is 0 Å². The molecule has 0 amide bonds. The first-order chi connectivity index (χ1) is 42.6. The van der Waals surface area contributed by atoms with Crippen molar-refractivity contribution in [3.05, 3.63) is 215 Å². The highest BCUT2D eigenvalue weighted by Crippen LogP contribution is 2.43. The lowest BCUT2D eigenvalue weighted by molar-refractivity contribution is -0.398. The van der Waals surface area contributed by atoms with Crippen molar-refractivity contribution in [2.45, 2.75) is 158 Å². The number of hydrogen-bond acceptors (Lipinski definition) is 17. The van der Waals surface area contributed by atoms with E-state index in [-0.39, 0.29) is 99.1 Å². The Morgan fingerprint density at radius 2 is 0.736 bits per heavy atom.